The van der Waals surface area contributed by atoms with Gasteiger partial charge in [0.2, 0.25) is 5.16 Å². The summed E-state index contributed by atoms with van der Waals surface area (Å²) >= 11 is 0.840. The van der Waals surface area contributed by atoms with Crippen LogP contribution in [-0.2, 0) is 9.59 Å². The van der Waals surface area contributed by atoms with Gasteiger partial charge >= 0.3 is 5.97 Å². The van der Waals surface area contributed by atoms with Gasteiger partial charge in [-0.25, -0.2) is 9.78 Å². The molecule has 4 rings (SSSR count). The van der Waals surface area contributed by atoms with Crippen molar-refractivity contribution in [1.29, 1.82) is 0 Å². The molecule has 0 bridgehead atoms. The van der Waals surface area contributed by atoms with Gasteiger partial charge in [0.15, 0.2) is 5.82 Å². The fraction of sp³-hybridized carbons (Fsp3) is 0.174. The zero-order chi connectivity index (χ0) is 24.2. The molecule has 11 heteroatoms. The maximum atomic E-state index is 12.9. The van der Waals surface area contributed by atoms with E-state index < -0.39 is 11.9 Å². The fourth-order valence-electron chi connectivity index (χ4n) is 3.29. The number of methoxy groups -OCH3 is 2. The van der Waals surface area contributed by atoms with E-state index in [2.05, 4.69) is 20.3 Å². The van der Waals surface area contributed by atoms with E-state index >= 15 is 0 Å². The second kappa shape index (κ2) is 9.79. The minimum atomic E-state index is -1.20. The second-order valence-electron chi connectivity index (χ2n) is 7.21. The Hall–Kier alpha value is -4.12. The number of H-pyrrole nitrogens is 1. The molecule has 0 spiro atoms. The van der Waals surface area contributed by atoms with Crippen molar-refractivity contribution in [3.8, 4) is 22.9 Å². The van der Waals surface area contributed by atoms with Crippen LogP contribution in [0.1, 0.15) is 6.92 Å². The maximum Gasteiger partial charge on any atom is 0.342 e. The van der Waals surface area contributed by atoms with Gasteiger partial charge in [-0.2, -0.15) is 10.1 Å². The largest absolute Gasteiger partial charge is 0.497 e. The molecule has 34 heavy (non-hydrogen) atoms. The Morgan fingerprint density at radius 3 is 2.44 bits per heavy atom. The molecule has 3 aromatic rings. The maximum absolute atomic E-state index is 12.9. The van der Waals surface area contributed by atoms with Crippen LogP contribution >= 0.6 is 11.8 Å². The van der Waals surface area contributed by atoms with Crippen molar-refractivity contribution >= 4 is 35.0 Å². The van der Waals surface area contributed by atoms with Gasteiger partial charge in [0, 0.05) is 11.6 Å². The Bertz CT molecular complexity index is 1270. The number of hydrogen-bond donors (Lipinski definition) is 2. The fourth-order valence-corrected chi connectivity index (χ4v) is 4.01. The van der Waals surface area contributed by atoms with Crippen LogP contribution in [0.25, 0.3) is 11.4 Å². The first-order valence-corrected chi connectivity index (χ1v) is 10.9. The summed E-state index contributed by atoms with van der Waals surface area (Å²) in [7, 11) is 3.08. The number of nitrogens with one attached hydrogen (secondary N) is 1. The second-order valence-corrected chi connectivity index (χ2v) is 8.22. The number of hydrazone groups is 1. The molecule has 0 fully saturated rings. The number of carboxylic acid groups (broad SMARTS) is 1. The molecule has 0 saturated carbocycles. The SMILES string of the molecule is COc1cc(OC)cc(-c2nc(S/C(=C/[C@H]3C(=O)N(c4ccccc4)N=C3C)C(=O)O)n[nH]2)c1. The van der Waals surface area contributed by atoms with Gasteiger partial charge in [-0.1, -0.05) is 18.2 Å². The van der Waals surface area contributed by atoms with E-state index in [0.717, 1.165) is 11.8 Å². The van der Waals surface area contributed by atoms with Gasteiger partial charge in [-0.3, -0.25) is 9.89 Å². The number of ether oxygens (including phenoxy) is 2. The first-order valence-electron chi connectivity index (χ1n) is 10.1. The number of rotatable bonds is 8. The van der Waals surface area contributed by atoms with Crippen molar-refractivity contribution in [2.75, 3.05) is 19.2 Å². The van der Waals surface area contributed by atoms with Crippen molar-refractivity contribution < 1.29 is 24.2 Å². The normalized spacial score (nSPS) is 15.9. The zero-order valence-corrected chi connectivity index (χ0v) is 19.4. The molecule has 1 amide bonds. The topological polar surface area (TPSA) is 130 Å². The average Bonchev–Trinajstić information content (AvgIpc) is 3.43. The molecule has 0 radical (unpaired) electrons. The predicted molar refractivity (Wildman–Crippen MR) is 127 cm³/mol. The number of aliphatic carboxylic acids is 1. The van der Waals surface area contributed by atoms with Crippen molar-refractivity contribution in [3.63, 3.8) is 0 Å². The molecule has 2 heterocycles. The first kappa shape index (κ1) is 23.1. The van der Waals surface area contributed by atoms with Crippen LogP contribution < -0.4 is 14.5 Å². The number of anilines is 1. The molecular formula is C23H21N5O5S. The number of benzene rings is 2. The number of hydrogen-bond acceptors (Lipinski definition) is 8. The van der Waals surface area contributed by atoms with Gasteiger partial charge in [-0.05, 0) is 49.0 Å². The standard InChI is InChI=1S/C23H21N5O5S/c1-13-18(21(29)28(27-13)15-7-5-4-6-8-15)12-19(22(30)31)34-23-24-20(25-26-23)14-9-16(32-2)11-17(10-14)33-3/h4-12,18H,1-3H3,(H,30,31)(H,24,25,26)/b19-12+/t18-/m1/s1. The molecule has 0 unspecified atom stereocenters. The number of aromatic nitrogens is 3. The quantitative estimate of drug-likeness (QED) is 0.370. The van der Waals surface area contributed by atoms with E-state index in [1.165, 1.54) is 11.1 Å². The van der Waals surface area contributed by atoms with Crippen LogP contribution in [0.4, 0.5) is 5.69 Å². The molecule has 10 nitrogen and oxygen atoms in total. The highest BCUT2D eigenvalue weighted by atomic mass is 32.2. The van der Waals surface area contributed by atoms with E-state index in [0.29, 0.717) is 34.3 Å². The minimum Gasteiger partial charge on any atom is -0.497 e. The molecule has 1 aliphatic rings. The van der Waals surface area contributed by atoms with Crippen LogP contribution in [0.15, 0.2) is 69.8 Å². The van der Waals surface area contributed by atoms with Gasteiger partial charge in [-0.15, -0.1) is 5.10 Å². The number of carbonyl (C=O) groups is 2. The van der Waals surface area contributed by atoms with Crippen LogP contribution in [0.3, 0.4) is 0 Å². The zero-order valence-electron chi connectivity index (χ0n) is 18.6. The number of carbonyl (C=O) groups excluding carboxylic acids is 1. The van der Waals surface area contributed by atoms with Crippen LogP contribution in [-0.4, -0.2) is 52.1 Å². The molecule has 1 aromatic heterocycles. The third kappa shape index (κ3) is 4.79. The number of amides is 1. The van der Waals surface area contributed by atoms with E-state index in [1.807, 2.05) is 6.07 Å². The lowest BCUT2D eigenvalue weighted by Crippen LogP contribution is -2.26. The van der Waals surface area contributed by atoms with E-state index in [4.69, 9.17) is 9.47 Å². The lowest BCUT2D eigenvalue weighted by molar-refractivity contribution is -0.131. The van der Waals surface area contributed by atoms with Crippen molar-refractivity contribution in [2.45, 2.75) is 12.1 Å². The lowest BCUT2D eigenvalue weighted by atomic mass is 10.0. The molecule has 2 aromatic carbocycles. The molecule has 2 N–H and O–H groups in total. The lowest BCUT2D eigenvalue weighted by Gasteiger charge is -2.12. The smallest absolute Gasteiger partial charge is 0.342 e. The van der Waals surface area contributed by atoms with Crippen molar-refractivity contribution in [1.82, 2.24) is 15.2 Å². The van der Waals surface area contributed by atoms with Gasteiger partial charge < -0.3 is 14.6 Å². The van der Waals surface area contributed by atoms with Gasteiger partial charge in [0.05, 0.1) is 36.4 Å². The summed E-state index contributed by atoms with van der Waals surface area (Å²) < 4.78 is 10.6. The predicted octanol–water partition coefficient (Wildman–Crippen LogP) is 3.59. The summed E-state index contributed by atoms with van der Waals surface area (Å²) in [4.78, 5) is 29.2. The number of nitrogens with zero attached hydrogens (tertiary/aromatic N) is 4. The van der Waals surface area contributed by atoms with Crippen LogP contribution in [0.2, 0.25) is 0 Å². The molecule has 0 aliphatic carbocycles. The third-order valence-corrected chi connectivity index (χ3v) is 5.90. The van der Waals surface area contributed by atoms with Crippen molar-refractivity contribution in [2.24, 2.45) is 11.0 Å². The van der Waals surface area contributed by atoms with Crippen LogP contribution in [0.5, 0.6) is 11.5 Å². The summed E-state index contributed by atoms with van der Waals surface area (Å²) in [5, 5.41) is 22.4. The third-order valence-electron chi connectivity index (χ3n) is 5.00. The molecule has 174 valence electrons. The first-order chi connectivity index (χ1) is 16.4. The summed E-state index contributed by atoms with van der Waals surface area (Å²) in [6, 6.07) is 14.2. The molecule has 1 aliphatic heterocycles. The monoisotopic (exact) mass is 479 g/mol. The summed E-state index contributed by atoms with van der Waals surface area (Å²) in [6.07, 6.45) is 1.38. The van der Waals surface area contributed by atoms with E-state index in [1.54, 1.807) is 63.6 Å². The number of thioether (sulfide) groups is 1. The van der Waals surface area contributed by atoms with Crippen molar-refractivity contribution in [3.05, 3.63) is 59.5 Å². The number of carboxylic acids is 1. The Kier molecular flexibility index (Phi) is 6.64. The molecule has 0 saturated heterocycles. The summed E-state index contributed by atoms with van der Waals surface area (Å²) in [5.41, 5.74) is 1.76. The molecule has 1 atom stereocenters. The minimum absolute atomic E-state index is 0.0865. The Morgan fingerprint density at radius 2 is 1.82 bits per heavy atom. The Balaban J connectivity index is 1.57. The van der Waals surface area contributed by atoms with E-state index in [-0.39, 0.29) is 16.0 Å². The average molecular weight is 480 g/mol. The van der Waals surface area contributed by atoms with E-state index in [9.17, 15) is 14.7 Å². The van der Waals surface area contributed by atoms with Crippen LogP contribution in [0, 0.1) is 5.92 Å². The highest BCUT2D eigenvalue weighted by Gasteiger charge is 2.34. The van der Waals surface area contributed by atoms with Gasteiger partial charge in [0.1, 0.15) is 11.5 Å². The highest BCUT2D eigenvalue weighted by Crippen LogP contribution is 2.32. The highest BCUT2D eigenvalue weighted by molar-refractivity contribution is 8.03. The molecular weight excluding hydrogens is 458 g/mol. The summed E-state index contributed by atoms with van der Waals surface area (Å²) in [5.74, 6) is -0.776. The Labute approximate surface area is 199 Å². The number of aromatic amines is 1. The van der Waals surface area contributed by atoms with Gasteiger partial charge in [0.25, 0.3) is 5.91 Å². The number of para-hydroxylation sites is 1. The Morgan fingerprint density at radius 1 is 1.15 bits per heavy atom. The summed E-state index contributed by atoms with van der Waals surface area (Å²) in [6.45, 7) is 1.69.